The molecule has 14 heavy (non-hydrogen) atoms. The molecule has 0 amide bonds. The van der Waals surface area contributed by atoms with Gasteiger partial charge < -0.3 is 9.52 Å². The highest BCUT2D eigenvalue weighted by molar-refractivity contribution is 5.52. The highest BCUT2D eigenvalue weighted by atomic mass is 16.3. The summed E-state index contributed by atoms with van der Waals surface area (Å²) in [5, 5.41) is 13.1. The average molecular weight is 192 g/mol. The van der Waals surface area contributed by atoms with Crippen molar-refractivity contribution in [2.45, 2.75) is 13.5 Å². The Bertz CT molecular complexity index is 404. The first kappa shape index (κ1) is 9.02. The molecule has 4 nitrogen and oxygen atoms in total. The number of nitrogens with zero attached hydrogens (tertiary/aromatic N) is 2. The highest BCUT2D eigenvalue weighted by Crippen LogP contribution is 2.20. The number of aromatic nitrogens is 2. The molecule has 4 heteroatoms. The van der Waals surface area contributed by atoms with Crippen LogP contribution < -0.4 is 0 Å². The summed E-state index contributed by atoms with van der Waals surface area (Å²) in [6, 6.07) is 5.65. The molecule has 0 aliphatic carbocycles. The predicted octanol–water partition coefficient (Wildman–Crippen LogP) is 1.44. The molecule has 0 fully saturated rings. The number of hydrogen-bond donors (Lipinski definition) is 1. The molecule has 0 aromatic carbocycles. The number of hydrogen-bond acceptors (Lipinski definition) is 3. The second kappa shape index (κ2) is 3.67. The van der Waals surface area contributed by atoms with E-state index in [1.807, 2.05) is 25.1 Å². The van der Waals surface area contributed by atoms with Gasteiger partial charge in [-0.1, -0.05) is 0 Å². The normalized spacial score (nSPS) is 10.7. The number of aliphatic hydroxyl groups excluding tert-OH is 1. The summed E-state index contributed by atoms with van der Waals surface area (Å²) >= 11 is 0. The Morgan fingerprint density at radius 1 is 1.57 bits per heavy atom. The fourth-order valence-corrected chi connectivity index (χ4v) is 1.43. The summed E-state index contributed by atoms with van der Waals surface area (Å²) in [5.74, 6) is 0.777. The summed E-state index contributed by atoms with van der Waals surface area (Å²) in [4.78, 5) is 0. The largest absolute Gasteiger partial charge is 0.463 e. The highest BCUT2D eigenvalue weighted by Gasteiger charge is 2.09. The van der Waals surface area contributed by atoms with E-state index in [0.717, 1.165) is 17.1 Å². The van der Waals surface area contributed by atoms with E-state index in [-0.39, 0.29) is 6.61 Å². The van der Waals surface area contributed by atoms with Gasteiger partial charge in [0.2, 0.25) is 0 Å². The number of aryl methyl sites for hydroxylation is 1. The van der Waals surface area contributed by atoms with Crippen LogP contribution in [0.2, 0.25) is 0 Å². The lowest BCUT2D eigenvalue weighted by molar-refractivity contribution is 0.269. The van der Waals surface area contributed by atoms with Crippen LogP contribution in [0, 0.1) is 6.92 Å². The van der Waals surface area contributed by atoms with E-state index in [0.29, 0.717) is 6.54 Å². The van der Waals surface area contributed by atoms with Gasteiger partial charge in [0, 0.05) is 0 Å². The molecule has 2 aromatic rings. The Hall–Kier alpha value is -1.55. The van der Waals surface area contributed by atoms with Gasteiger partial charge in [-0.2, -0.15) is 5.10 Å². The molecule has 74 valence electrons. The minimum Gasteiger partial charge on any atom is -0.463 e. The van der Waals surface area contributed by atoms with Gasteiger partial charge in [0.1, 0.15) is 5.69 Å². The van der Waals surface area contributed by atoms with Gasteiger partial charge in [-0.05, 0) is 25.1 Å². The van der Waals surface area contributed by atoms with Gasteiger partial charge in [0.25, 0.3) is 0 Å². The third kappa shape index (κ3) is 1.56. The fourth-order valence-electron chi connectivity index (χ4n) is 1.43. The maximum atomic E-state index is 8.86. The number of rotatable bonds is 3. The third-order valence-electron chi connectivity index (χ3n) is 1.99. The molecule has 1 N–H and O–H groups in total. The topological polar surface area (TPSA) is 51.2 Å². The van der Waals surface area contributed by atoms with E-state index in [2.05, 4.69) is 5.10 Å². The van der Waals surface area contributed by atoms with Gasteiger partial charge in [0.05, 0.1) is 25.1 Å². The second-order valence-electron chi connectivity index (χ2n) is 3.10. The molecule has 0 aliphatic rings. The van der Waals surface area contributed by atoms with Crippen molar-refractivity contribution < 1.29 is 9.52 Å². The van der Waals surface area contributed by atoms with Crippen LogP contribution in [0.4, 0.5) is 0 Å². The van der Waals surface area contributed by atoms with Crippen LogP contribution in [0.25, 0.3) is 11.5 Å². The maximum Gasteiger partial charge on any atom is 0.151 e. The van der Waals surface area contributed by atoms with E-state index in [1.165, 1.54) is 0 Å². The minimum absolute atomic E-state index is 0.0782. The summed E-state index contributed by atoms with van der Waals surface area (Å²) in [6.07, 6.45) is 1.63. The Balaban J connectivity index is 2.41. The molecule has 0 saturated heterocycles. The standard InChI is InChI=1S/C10H12N2O2/c1-8-7-9(10-3-2-6-14-10)12(11-8)4-5-13/h2-3,6-7,13H,4-5H2,1H3. The lowest BCUT2D eigenvalue weighted by Crippen LogP contribution is -2.05. The van der Waals surface area contributed by atoms with E-state index in [1.54, 1.807) is 10.9 Å². The monoisotopic (exact) mass is 192 g/mol. The Labute approximate surface area is 81.8 Å². The van der Waals surface area contributed by atoms with E-state index >= 15 is 0 Å². The van der Waals surface area contributed by atoms with Crippen LogP contribution >= 0.6 is 0 Å². The van der Waals surface area contributed by atoms with Crippen molar-refractivity contribution in [1.29, 1.82) is 0 Å². The quantitative estimate of drug-likeness (QED) is 0.800. The maximum absolute atomic E-state index is 8.86. The molecule has 2 heterocycles. The Kier molecular flexibility index (Phi) is 2.37. The lowest BCUT2D eigenvalue weighted by atomic mass is 10.3. The molecule has 0 bridgehead atoms. The van der Waals surface area contributed by atoms with Gasteiger partial charge in [0.15, 0.2) is 5.76 Å². The van der Waals surface area contributed by atoms with Crippen molar-refractivity contribution in [1.82, 2.24) is 9.78 Å². The Morgan fingerprint density at radius 2 is 2.43 bits per heavy atom. The predicted molar refractivity (Wildman–Crippen MR) is 51.8 cm³/mol. The Morgan fingerprint density at radius 3 is 3.07 bits per heavy atom. The lowest BCUT2D eigenvalue weighted by Gasteiger charge is -2.01. The summed E-state index contributed by atoms with van der Waals surface area (Å²) < 4.78 is 7.02. The first-order valence-electron chi connectivity index (χ1n) is 4.50. The van der Waals surface area contributed by atoms with Gasteiger partial charge >= 0.3 is 0 Å². The van der Waals surface area contributed by atoms with Gasteiger partial charge in [-0.3, -0.25) is 4.68 Å². The van der Waals surface area contributed by atoms with Crippen LogP contribution in [0.5, 0.6) is 0 Å². The summed E-state index contributed by atoms with van der Waals surface area (Å²) in [5.41, 5.74) is 1.83. The van der Waals surface area contributed by atoms with E-state index in [9.17, 15) is 0 Å². The van der Waals surface area contributed by atoms with Gasteiger partial charge in [-0.25, -0.2) is 0 Å². The fraction of sp³-hybridized carbons (Fsp3) is 0.300. The van der Waals surface area contributed by atoms with Crippen molar-refractivity contribution in [3.8, 4) is 11.5 Å². The smallest absolute Gasteiger partial charge is 0.151 e. The molecule has 2 rings (SSSR count). The van der Waals surface area contributed by atoms with Crippen LogP contribution in [0.1, 0.15) is 5.69 Å². The van der Waals surface area contributed by atoms with Crippen LogP contribution in [-0.4, -0.2) is 21.5 Å². The molecule has 0 saturated carbocycles. The first-order valence-corrected chi connectivity index (χ1v) is 4.50. The van der Waals surface area contributed by atoms with Crippen molar-refractivity contribution in [3.63, 3.8) is 0 Å². The summed E-state index contributed by atoms with van der Waals surface area (Å²) in [6.45, 7) is 2.49. The van der Waals surface area contributed by atoms with Crippen molar-refractivity contribution in [3.05, 3.63) is 30.2 Å². The van der Waals surface area contributed by atoms with E-state index in [4.69, 9.17) is 9.52 Å². The zero-order valence-corrected chi connectivity index (χ0v) is 7.97. The molecular weight excluding hydrogens is 180 g/mol. The number of furan rings is 1. The first-order chi connectivity index (χ1) is 6.81. The molecular formula is C10H12N2O2. The van der Waals surface area contributed by atoms with Crippen LogP contribution in [-0.2, 0) is 6.54 Å². The zero-order valence-electron chi connectivity index (χ0n) is 7.97. The van der Waals surface area contributed by atoms with Gasteiger partial charge in [-0.15, -0.1) is 0 Å². The van der Waals surface area contributed by atoms with Crippen molar-refractivity contribution in [2.24, 2.45) is 0 Å². The second-order valence-corrected chi connectivity index (χ2v) is 3.10. The average Bonchev–Trinajstić information content (AvgIpc) is 2.74. The van der Waals surface area contributed by atoms with Crippen LogP contribution in [0.3, 0.4) is 0 Å². The molecule has 0 radical (unpaired) electrons. The molecule has 0 spiro atoms. The minimum atomic E-state index is 0.0782. The van der Waals surface area contributed by atoms with Crippen molar-refractivity contribution >= 4 is 0 Å². The molecule has 0 atom stereocenters. The molecule has 0 aliphatic heterocycles. The van der Waals surface area contributed by atoms with Crippen LogP contribution in [0.15, 0.2) is 28.9 Å². The van der Waals surface area contributed by atoms with Crippen molar-refractivity contribution in [2.75, 3.05) is 6.61 Å². The third-order valence-corrected chi connectivity index (χ3v) is 1.99. The summed E-state index contributed by atoms with van der Waals surface area (Å²) in [7, 11) is 0. The molecule has 0 unspecified atom stereocenters. The SMILES string of the molecule is Cc1cc(-c2ccco2)n(CCO)n1. The number of aliphatic hydroxyl groups is 1. The zero-order chi connectivity index (χ0) is 9.97. The van der Waals surface area contributed by atoms with E-state index < -0.39 is 0 Å². The molecule has 2 aromatic heterocycles.